The van der Waals surface area contributed by atoms with E-state index in [-0.39, 0.29) is 29.8 Å². The molecule has 3 rings (SSSR count). The van der Waals surface area contributed by atoms with Crippen molar-refractivity contribution >= 4 is 35.6 Å². The summed E-state index contributed by atoms with van der Waals surface area (Å²) < 4.78 is 15.0. The van der Waals surface area contributed by atoms with Crippen LogP contribution in [-0.4, -0.2) is 28.9 Å². The molecule has 2 N–H and O–H groups in total. The lowest BCUT2D eigenvalue weighted by Gasteiger charge is -2.11. The van der Waals surface area contributed by atoms with Crippen molar-refractivity contribution in [3.8, 4) is 0 Å². The fourth-order valence-electron chi connectivity index (χ4n) is 2.66. The molecule has 7 heteroatoms. The van der Waals surface area contributed by atoms with Crippen LogP contribution in [0.3, 0.4) is 0 Å². The van der Waals surface area contributed by atoms with E-state index in [1.165, 1.54) is 12.1 Å². The van der Waals surface area contributed by atoms with Gasteiger partial charge in [0.25, 0.3) is 0 Å². The van der Waals surface area contributed by atoms with Crippen LogP contribution in [-0.2, 0) is 13.0 Å². The third-order valence-electron chi connectivity index (χ3n) is 4.03. The van der Waals surface area contributed by atoms with Crippen LogP contribution in [0.25, 0.3) is 5.65 Å². The van der Waals surface area contributed by atoms with Gasteiger partial charge in [-0.15, -0.1) is 24.0 Å². The van der Waals surface area contributed by atoms with E-state index in [1.54, 1.807) is 19.2 Å². The molecule has 2 aromatic heterocycles. The Morgan fingerprint density at radius 3 is 2.62 bits per heavy atom. The van der Waals surface area contributed by atoms with Crippen molar-refractivity contribution in [1.29, 1.82) is 0 Å². The highest BCUT2D eigenvalue weighted by Crippen LogP contribution is 2.08. The summed E-state index contributed by atoms with van der Waals surface area (Å²) in [7, 11) is 1.74. The molecular weight excluding hydrogens is 444 g/mol. The molecule has 0 saturated carbocycles. The molecule has 0 bridgehead atoms. The Bertz CT molecular complexity index is 873. The number of pyridine rings is 1. The zero-order valence-electron chi connectivity index (χ0n) is 14.9. The van der Waals surface area contributed by atoms with Crippen LogP contribution in [0, 0.1) is 12.7 Å². The lowest BCUT2D eigenvalue weighted by molar-refractivity contribution is 0.626. The molecular formula is C19H23FIN5. The Balaban J connectivity index is 0.00000243. The standard InChI is InChI=1S/C19H22FN5.HI/c1-14-4-3-5-18-24-17(13-25(14)18)12-23-19(21-2)22-11-10-15-6-8-16(20)9-7-15;/h3-9,13H,10-12H2,1-2H3,(H2,21,22,23);1H. The Kier molecular flexibility index (Phi) is 7.38. The fourth-order valence-corrected chi connectivity index (χ4v) is 2.66. The second-order valence-electron chi connectivity index (χ2n) is 5.86. The topological polar surface area (TPSA) is 53.7 Å². The third kappa shape index (κ3) is 5.17. The van der Waals surface area contributed by atoms with Crippen molar-refractivity contribution in [3.63, 3.8) is 0 Å². The molecule has 2 heterocycles. The molecule has 5 nitrogen and oxygen atoms in total. The van der Waals surface area contributed by atoms with E-state index in [1.807, 2.05) is 18.3 Å². The minimum Gasteiger partial charge on any atom is -0.356 e. The summed E-state index contributed by atoms with van der Waals surface area (Å²) >= 11 is 0. The van der Waals surface area contributed by atoms with Gasteiger partial charge in [-0.2, -0.15) is 0 Å². The third-order valence-corrected chi connectivity index (χ3v) is 4.03. The van der Waals surface area contributed by atoms with E-state index in [0.717, 1.165) is 41.5 Å². The first-order valence-corrected chi connectivity index (χ1v) is 8.28. The number of rotatable bonds is 5. The average Bonchev–Trinajstić information content (AvgIpc) is 3.04. The van der Waals surface area contributed by atoms with Gasteiger partial charge in [-0.3, -0.25) is 4.99 Å². The predicted octanol–water partition coefficient (Wildman–Crippen LogP) is 3.31. The zero-order chi connectivity index (χ0) is 17.6. The minimum atomic E-state index is -0.211. The first-order chi connectivity index (χ1) is 12.2. The van der Waals surface area contributed by atoms with E-state index in [2.05, 4.69) is 38.0 Å². The highest BCUT2D eigenvalue weighted by atomic mass is 127. The summed E-state index contributed by atoms with van der Waals surface area (Å²) in [5.74, 6) is 0.507. The smallest absolute Gasteiger partial charge is 0.191 e. The molecule has 0 atom stereocenters. The van der Waals surface area contributed by atoms with Crippen molar-refractivity contribution in [1.82, 2.24) is 20.0 Å². The van der Waals surface area contributed by atoms with Crippen LogP contribution < -0.4 is 10.6 Å². The lowest BCUT2D eigenvalue weighted by Crippen LogP contribution is -2.37. The number of hydrogen-bond acceptors (Lipinski definition) is 2. The van der Waals surface area contributed by atoms with Gasteiger partial charge in [0.05, 0.1) is 12.2 Å². The monoisotopic (exact) mass is 467 g/mol. The number of hydrogen-bond donors (Lipinski definition) is 2. The summed E-state index contributed by atoms with van der Waals surface area (Å²) in [6.45, 7) is 3.37. The van der Waals surface area contributed by atoms with Gasteiger partial charge in [-0.05, 0) is 43.2 Å². The summed E-state index contributed by atoms with van der Waals surface area (Å²) in [5, 5.41) is 6.52. The number of guanidine groups is 1. The number of nitrogens with one attached hydrogen (secondary N) is 2. The summed E-state index contributed by atoms with van der Waals surface area (Å²) in [6, 6.07) is 12.6. The Morgan fingerprint density at radius 2 is 1.92 bits per heavy atom. The molecule has 1 aromatic carbocycles. The quantitative estimate of drug-likeness (QED) is 0.344. The minimum absolute atomic E-state index is 0. The predicted molar refractivity (Wildman–Crippen MR) is 114 cm³/mol. The van der Waals surface area contributed by atoms with Gasteiger partial charge in [0.15, 0.2) is 5.96 Å². The van der Waals surface area contributed by atoms with Gasteiger partial charge in [0.1, 0.15) is 11.5 Å². The fraction of sp³-hybridized carbons (Fsp3) is 0.263. The second-order valence-corrected chi connectivity index (χ2v) is 5.86. The maximum absolute atomic E-state index is 12.9. The lowest BCUT2D eigenvalue weighted by atomic mass is 10.1. The molecule has 0 aliphatic rings. The van der Waals surface area contributed by atoms with Crippen molar-refractivity contribution in [3.05, 3.63) is 71.4 Å². The Labute approximate surface area is 169 Å². The van der Waals surface area contributed by atoms with Crippen LogP contribution in [0.2, 0.25) is 0 Å². The molecule has 0 radical (unpaired) electrons. The van der Waals surface area contributed by atoms with Crippen LogP contribution in [0.1, 0.15) is 17.0 Å². The zero-order valence-corrected chi connectivity index (χ0v) is 17.2. The molecule has 0 saturated heterocycles. The number of aromatic nitrogens is 2. The SMILES string of the molecule is CN=C(NCCc1ccc(F)cc1)NCc1cn2c(C)cccc2n1.I. The molecule has 0 unspecified atom stereocenters. The van der Waals surface area contributed by atoms with Crippen LogP contribution in [0.4, 0.5) is 4.39 Å². The van der Waals surface area contributed by atoms with Crippen molar-refractivity contribution in [2.75, 3.05) is 13.6 Å². The highest BCUT2D eigenvalue weighted by Gasteiger charge is 2.04. The maximum Gasteiger partial charge on any atom is 0.191 e. The molecule has 0 amide bonds. The van der Waals surface area contributed by atoms with Crippen LogP contribution >= 0.6 is 24.0 Å². The largest absolute Gasteiger partial charge is 0.356 e. The molecule has 26 heavy (non-hydrogen) atoms. The number of imidazole rings is 1. The normalized spacial score (nSPS) is 11.3. The first kappa shape index (κ1) is 20.2. The highest BCUT2D eigenvalue weighted by molar-refractivity contribution is 14.0. The number of aryl methyl sites for hydroxylation is 1. The van der Waals surface area contributed by atoms with Crippen molar-refractivity contribution in [2.24, 2.45) is 4.99 Å². The van der Waals surface area contributed by atoms with Gasteiger partial charge in [-0.1, -0.05) is 18.2 Å². The molecule has 3 aromatic rings. The Hall–Kier alpha value is -2.16. The Morgan fingerprint density at radius 1 is 1.15 bits per heavy atom. The van der Waals surface area contributed by atoms with E-state index < -0.39 is 0 Å². The van der Waals surface area contributed by atoms with Gasteiger partial charge >= 0.3 is 0 Å². The van der Waals surface area contributed by atoms with Gasteiger partial charge < -0.3 is 15.0 Å². The van der Waals surface area contributed by atoms with Crippen LogP contribution in [0.5, 0.6) is 0 Å². The molecule has 138 valence electrons. The number of aliphatic imine (C=N–C) groups is 1. The van der Waals surface area contributed by atoms with Crippen LogP contribution in [0.15, 0.2) is 53.7 Å². The van der Waals surface area contributed by atoms with E-state index in [4.69, 9.17) is 0 Å². The number of nitrogens with zero attached hydrogens (tertiary/aromatic N) is 3. The van der Waals surface area contributed by atoms with Gasteiger partial charge in [0, 0.05) is 25.5 Å². The van der Waals surface area contributed by atoms with E-state index in [0.29, 0.717) is 6.54 Å². The van der Waals surface area contributed by atoms with Gasteiger partial charge in [-0.25, -0.2) is 9.37 Å². The number of benzene rings is 1. The number of fused-ring (bicyclic) bond motifs is 1. The van der Waals surface area contributed by atoms with Crippen molar-refractivity contribution in [2.45, 2.75) is 19.9 Å². The van der Waals surface area contributed by atoms with Crippen molar-refractivity contribution < 1.29 is 4.39 Å². The molecule has 0 spiro atoms. The van der Waals surface area contributed by atoms with E-state index >= 15 is 0 Å². The molecule has 0 fully saturated rings. The number of halogens is 2. The summed E-state index contributed by atoms with van der Waals surface area (Å²) in [4.78, 5) is 8.82. The summed E-state index contributed by atoms with van der Waals surface area (Å²) in [6.07, 6.45) is 2.83. The second kappa shape index (κ2) is 9.51. The average molecular weight is 467 g/mol. The molecule has 0 aliphatic carbocycles. The van der Waals surface area contributed by atoms with E-state index in [9.17, 15) is 4.39 Å². The first-order valence-electron chi connectivity index (χ1n) is 8.28. The molecule has 0 aliphatic heterocycles. The maximum atomic E-state index is 12.9. The summed E-state index contributed by atoms with van der Waals surface area (Å²) in [5.41, 5.74) is 4.13. The van der Waals surface area contributed by atoms with Gasteiger partial charge in [0.2, 0.25) is 0 Å².